The van der Waals surface area contributed by atoms with Gasteiger partial charge in [0.1, 0.15) is 6.10 Å². The molecule has 3 aromatic rings. The average molecular weight is 534 g/mol. The van der Waals surface area contributed by atoms with E-state index in [1.807, 2.05) is 32.0 Å². The molecule has 198 valence electrons. The summed E-state index contributed by atoms with van der Waals surface area (Å²) < 4.78 is 35.9. The zero-order chi connectivity index (χ0) is 26.6. The number of likely N-dealkylation sites (tertiary alicyclic amines) is 1. The number of aryl methyl sites for hydroxylation is 2. The summed E-state index contributed by atoms with van der Waals surface area (Å²) in [5.41, 5.74) is 3.83. The van der Waals surface area contributed by atoms with Crippen LogP contribution >= 0.6 is 0 Å². The SMILES string of the molecule is Cc1cccc(C)c1-c1cc2nc(n1)NS(=O)(=O)c1cccc(c1)C(=O)N1CC3CCCN(C)C3C(C1)O2. The van der Waals surface area contributed by atoms with Crippen molar-refractivity contribution < 1.29 is 17.9 Å². The van der Waals surface area contributed by atoms with E-state index < -0.39 is 10.0 Å². The van der Waals surface area contributed by atoms with E-state index in [1.165, 1.54) is 12.1 Å². The van der Waals surface area contributed by atoms with Crippen molar-refractivity contribution in [2.75, 3.05) is 31.4 Å². The lowest BCUT2D eigenvalue weighted by Crippen LogP contribution is -2.63. The fourth-order valence-electron chi connectivity index (χ4n) is 6.22. The largest absolute Gasteiger partial charge is 0.471 e. The number of benzene rings is 2. The number of fused-ring (bicyclic) bond motifs is 8. The van der Waals surface area contributed by atoms with Crippen LogP contribution in [0.5, 0.6) is 5.88 Å². The third-order valence-electron chi connectivity index (χ3n) is 7.93. The Bertz CT molecular complexity index is 1510. The summed E-state index contributed by atoms with van der Waals surface area (Å²) in [6, 6.07) is 14.0. The first kappa shape index (κ1) is 24.8. The number of ether oxygens (including phenoxy) is 1. The number of hydrogen-bond donors (Lipinski definition) is 1. The van der Waals surface area contributed by atoms with Gasteiger partial charge in [-0.3, -0.25) is 9.69 Å². The van der Waals surface area contributed by atoms with Crippen LogP contribution in [-0.4, -0.2) is 72.9 Å². The topological polar surface area (TPSA) is 105 Å². The molecule has 0 spiro atoms. The van der Waals surface area contributed by atoms with Gasteiger partial charge in [-0.15, -0.1) is 0 Å². The minimum Gasteiger partial charge on any atom is -0.471 e. The van der Waals surface area contributed by atoms with Crippen LogP contribution in [0.2, 0.25) is 0 Å². The van der Waals surface area contributed by atoms with E-state index in [1.54, 1.807) is 23.1 Å². The van der Waals surface area contributed by atoms with Crippen molar-refractivity contribution in [2.24, 2.45) is 5.92 Å². The molecule has 2 fully saturated rings. The number of anilines is 1. The lowest BCUT2D eigenvalue weighted by molar-refractivity contribution is -0.0394. The summed E-state index contributed by atoms with van der Waals surface area (Å²) in [6.45, 7) is 5.93. The van der Waals surface area contributed by atoms with Gasteiger partial charge < -0.3 is 9.64 Å². The molecular formula is C28H31N5O4S. The lowest BCUT2D eigenvalue weighted by Gasteiger charge is -2.49. The Morgan fingerprint density at radius 2 is 1.79 bits per heavy atom. The van der Waals surface area contributed by atoms with Crippen LogP contribution in [0.1, 0.15) is 34.3 Å². The molecule has 9 nitrogen and oxygen atoms in total. The van der Waals surface area contributed by atoms with Crippen molar-refractivity contribution in [3.8, 4) is 17.1 Å². The van der Waals surface area contributed by atoms with E-state index in [4.69, 9.17) is 4.74 Å². The normalized spacial score (nSPS) is 24.7. The highest BCUT2D eigenvalue weighted by Gasteiger charge is 2.44. The third-order valence-corrected chi connectivity index (χ3v) is 9.26. The minimum atomic E-state index is -4.06. The zero-order valence-electron chi connectivity index (χ0n) is 21.7. The summed E-state index contributed by atoms with van der Waals surface area (Å²) in [6.07, 6.45) is 1.72. The van der Waals surface area contributed by atoms with Gasteiger partial charge >= 0.3 is 0 Å². The Hall–Kier alpha value is -3.50. The van der Waals surface area contributed by atoms with Crippen LogP contribution in [0, 0.1) is 19.8 Å². The van der Waals surface area contributed by atoms with Crippen LogP contribution < -0.4 is 9.46 Å². The van der Waals surface area contributed by atoms with Gasteiger partial charge in [0.25, 0.3) is 15.9 Å². The van der Waals surface area contributed by atoms with Gasteiger partial charge in [0, 0.05) is 23.7 Å². The van der Waals surface area contributed by atoms with Crippen LogP contribution in [-0.2, 0) is 10.0 Å². The second-order valence-electron chi connectivity index (χ2n) is 10.6. The summed E-state index contributed by atoms with van der Waals surface area (Å²) in [4.78, 5) is 26.8. The van der Waals surface area contributed by atoms with E-state index in [2.05, 4.69) is 26.6 Å². The molecule has 6 bridgehead atoms. The standard InChI is InChI=1S/C28H31N5O4S/c1-17-7-4-8-18(2)25(17)22-14-24-30-28(29-22)31-38(35,36)21-11-5-9-19(13-21)27(34)33-15-20-10-6-12-32(3)26(20)23(16-33)37-24/h4-5,7-9,11,13-14,20,23,26H,6,10,12,15-16H2,1-3H3,(H,29,30,31). The smallest absolute Gasteiger partial charge is 0.264 e. The predicted octanol–water partition coefficient (Wildman–Crippen LogP) is 3.49. The highest BCUT2D eigenvalue weighted by atomic mass is 32.2. The van der Waals surface area contributed by atoms with Crippen LogP contribution in [0.15, 0.2) is 53.4 Å². The average Bonchev–Trinajstić information content (AvgIpc) is 2.87. The lowest BCUT2D eigenvalue weighted by atomic mass is 9.82. The number of hydrogen-bond acceptors (Lipinski definition) is 7. The predicted molar refractivity (Wildman–Crippen MR) is 144 cm³/mol. The monoisotopic (exact) mass is 533 g/mol. The zero-order valence-corrected chi connectivity index (χ0v) is 22.5. The molecule has 1 N–H and O–H groups in total. The Morgan fingerprint density at radius 3 is 2.58 bits per heavy atom. The molecule has 0 radical (unpaired) electrons. The fourth-order valence-corrected chi connectivity index (χ4v) is 7.20. The van der Waals surface area contributed by atoms with Crippen LogP contribution in [0.25, 0.3) is 11.3 Å². The molecule has 3 atom stereocenters. The summed E-state index contributed by atoms with van der Waals surface area (Å²) >= 11 is 0. The third kappa shape index (κ3) is 4.41. The Labute approximate surface area is 222 Å². The first-order valence-electron chi connectivity index (χ1n) is 12.9. The molecule has 4 heterocycles. The maximum absolute atomic E-state index is 13.6. The van der Waals surface area contributed by atoms with Gasteiger partial charge in [0.2, 0.25) is 11.8 Å². The van der Waals surface area contributed by atoms with Gasteiger partial charge in [-0.05, 0) is 75.5 Å². The number of likely N-dealkylation sites (N-methyl/N-ethyl adjacent to an activating group) is 1. The Kier molecular flexibility index (Phi) is 6.11. The van der Waals surface area contributed by atoms with E-state index >= 15 is 0 Å². The van der Waals surface area contributed by atoms with Crippen LogP contribution in [0.3, 0.4) is 0 Å². The first-order valence-corrected chi connectivity index (χ1v) is 14.4. The van der Waals surface area contributed by atoms with Gasteiger partial charge in [-0.25, -0.2) is 18.1 Å². The van der Waals surface area contributed by atoms with Crippen LogP contribution in [0.4, 0.5) is 5.95 Å². The molecular weight excluding hydrogens is 502 g/mol. The fraction of sp³-hybridized carbons (Fsp3) is 0.393. The molecule has 38 heavy (non-hydrogen) atoms. The maximum atomic E-state index is 13.6. The van der Waals surface area contributed by atoms with Crippen molar-refractivity contribution in [1.29, 1.82) is 0 Å². The highest BCUT2D eigenvalue weighted by molar-refractivity contribution is 7.92. The Balaban J connectivity index is 1.54. The number of amides is 1. The van der Waals surface area contributed by atoms with Crippen molar-refractivity contribution >= 4 is 21.9 Å². The molecule has 2 aromatic carbocycles. The molecule has 10 heteroatoms. The molecule has 0 aliphatic carbocycles. The highest BCUT2D eigenvalue weighted by Crippen LogP contribution is 2.35. The molecule has 3 aliphatic heterocycles. The van der Waals surface area contributed by atoms with Gasteiger partial charge in [0.05, 0.1) is 23.2 Å². The number of piperidine rings is 2. The number of nitrogens with one attached hydrogen (secondary N) is 1. The molecule has 6 rings (SSSR count). The molecule has 3 aliphatic rings. The molecule has 0 saturated carbocycles. The van der Waals surface area contributed by atoms with E-state index in [9.17, 15) is 13.2 Å². The number of sulfonamides is 1. The van der Waals surface area contributed by atoms with E-state index in [-0.39, 0.29) is 40.7 Å². The number of nitrogens with zero attached hydrogens (tertiary/aromatic N) is 4. The molecule has 3 unspecified atom stereocenters. The second-order valence-corrected chi connectivity index (χ2v) is 12.2. The van der Waals surface area contributed by atoms with Crippen molar-refractivity contribution in [1.82, 2.24) is 19.8 Å². The number of aromatic nitrogens is 2. The maximum Gasteiger partial charge on any atom is 0.264 e. The summed E-state index contributed by atoms with van der Waals surface area (Å²) in [5, 5.41) is 0. The van der Waals surface area contributed by atoms with Crippen molar-refractivity contribution in [2.45, 2.75) is 43.7 Å². The summed E-state index contributed by atoms with van der Waals surface area (Å²) in [5.74, 6) is 0.247. The van der Waals surface area contributed by atoms with Gasteiger partial charge in [-0.1, -0.05) is 24.3 Å². The molecule has 2 saturated heterocycles. The second kappa shape index (κ2) is 9.36. The number of carbonyl (C=O) groups excluding carboxylic acids is 1. The molecule has 1 aromatic heterocycles. The Morgan fingerprint density at radius 1 is 1.03 bits per heavy atom. The van der Waals surface area contributed by atoms with E-state index in [0.29, 0.717) is 24.3 Å². The number of rotatable bonds is 1. The van der Waals surface area contributed by atoms with Gasteiger partial charge in [0.15, 0.2) is 0 Å². The first-order chi connectivity index (χ1) is 18.2. The van der Waals surface area contributed by atoms with Gasteiger partial charge in [-0.2, -0.15) is 4.98 Å². The summed E-state index contributed by atoms with van der Waals surface area (Å²) in [7, 11) is -1.96. The van der Waals surface area contributed by atoms with E-state index in [0.717, 1.165) is 36.1 Å². The van der Waals surface area contributed by atoms with Crippen molar-refractivity contribution in [3.63, 3.8) is 0 Å². The molecule has 1 amide bonds. The van der Waals surface area contributed by atoms with Crippen molar-refractivity contribution in [3.05, 3.63) is 65.2 Å². The number of carbonyl (C=O) groups is 1. The minimum absolute atomic E-state index is 0.0185. The quantitative estimate of drug-likeness (QED) is 0.511.